The van der Waals surface area contributed by atoms with Crippen molar-refractivity contribution in [2.75, 3.05) is 0 Å². The molecule has 6 rings (SSSR count). The van der Waals surface area contributed by atoms with Crippen molar-refractivity contribution in [3.8, 4) is 11.1 Å². The van der Waals surface area contributed by atoms with Crippen molar-refractivity contribution < 1.29 is 4.84 Å². The van der Waals surface area contributed by atoms with E-state index >= 15 is 0 Å². The summed E-state index contributed by atoms with van der Waals surface area (Å²) in [5, 5.41) is 4.24. The van der Waals surface area contributed by atoms with E-state index in [1.54, 1.807) is 0 Å². The maximum atomic E-state index is 5.59. The number of oxime groups is 1. The third-order valence-electron chi connectivity index (χ3n) is 7.06. The Balaban J connectivity index is 1.62. The fourth-order valence-corrected chi connectivity index (χ4v) is 5.25. The van der Waals surface area contributed by atoms with Gasteiger partial charge in [0.2, 0.25) is 0 Å². The lowest BCUT2D eigenvalue weighted by molar-refractivity contribution is 0.0904. The topological polar surface area (TPSA) is 52.3 Å². The van der Waals surface area contributed by atoms with Crippen LogP contribution in [-0.2, 0) is 4.84 Å². The van der Waals surface area contributed by atoms with Crippen LogP contribution in [0.3, 0.4) is 0 Å². The molecule has 5 heteroatoms. The monoisotopic (exact) mass is 472 g/mol. The van der Waals surface area contributed by atoms with Crippen molar-refractivity contribution in [2.45, 2.75) is 38.8 Å². The number of hydrogen-bond donors (Lipinski definition) is 0. The summed E-state index contributed by atoms with van der Waals surface area (Å²) in [5.74, 6) is 0.0816. The van der Waals surface area contributed by atoms with Crippen LogP contribution in [0.5, 0.6) is 0 Å². The van der Waals surface area contributed by atoms with Gasteiger partial charge in [0.25, 0.3) is 0 Å². The Morgan fingerprint density at radius 1 is 0.889 bits per heavy atom. The SMILES string of the molecule is CC1=NOC(C)C1c1cnc2c(-c3ccc(C)cc3)cn([C@@H](c3ccccc3)c3ccccn3)c2c1. The van der Waals surface area contributed by atoms with E-state index in [-0.39, 0.29) is 18.1 Å². The van der Waals surface area contributed by atoms with Crippen molar-refractivity contribution in [3.05, 3.63) is 120 Å². The van der Waals surface area contributed by atoms with E-state index in [1.165, 1.54) is 11.1 Å². The van der Waals surface area contributed by atoms with Crippen LogP contribution in [0, 0.1) is 6.92 Å². The van der Waals surface area contributed by atoms with Gasteiger partial charge < -0.3 is 9.40 Å². The molecule has 4 heterocycles. The van der Waals surface area contributed by atoms with Gasteiger partial charge in [-0.1, -0.05) is 71.4 Å². The number of nitrogens with zero attached hydrogens (tertiary/aromatic N) is 4. The zero-order chi connectivity index (χ0) is 24.6. The third-order valence-corrected chi connectivity index (χ3v) is 7.06. The summed E-state index contributed by atoms with van der Waals surface area (Å²) in [6.45, 7) is 6.20. The highest BCUT2D eigenvalue weighted by atomic mass is 16.6. The second-order valence-electron chi connectivity index (χ2n) is 9.54. The average Bonchev–Trinajstić information content (AvgIpc) is 3.45. The van der Waals surface area contributed by atoms with E-state index in [4.69, 9.17) is 14.8 Å². The lowest BCUT2D eigenvalue weighted by atomic mass is 9.91. The predicted octanol–water partition coefficient (Wildman–Crippen LogP) is 6.92. The van der Waals surface area contributed by atoms with E-state index < -0.39 is 0 Å². The molecule has 178 valence electrons. The molecule has 0 radical (unpaired) electrons. The molecule has 1 aliphatic rings. The molecule has 1 aliphatic heterocycles. The minimum absolute atomic E-state index is 0.0232. The van der Waals surface area contributed by atoms with Crippen LogP contribution in [0.1, 0.15) is 48.2 Å². The highest BCUT2D eigenvalue weighted by molar-refractivity contribution is 5.95. The van der Waals surface area contributed by atoms with Gasteiger partial charge >= 0.3 is 0 Å². The number of fused-ring (bicyclic) bond motifs is 1. The van der Waals surface area contributed by atoms with Crippen molar-refractivity contribution >= 4 is 16.7 Å². The third kappa shape index (κ3) is 3.87. The minimum Gasteiger partial charge on any atom is -0.392 e. The first-order valence-electron chi connectivity index (χ1n) is 12.3. The van der Waals surface area contributed by atoms with Gasteiger partial charge in [0.05, 0.1) is 28.4 Å². The number of benzene rings is 2. The normalized spacial score (nSPS) is 18.1. The largest absolute Gasteiger partial charge is 0.392 e. The Labute approximate surface area is 211 Å². The summed E-state index contributed by atoms with van der Waals surface area (Å²) in [6.07, 6.45) is 6.05. The van der Waals surface area contributed by atoms with Gasteiger partial charge in [-0.05, 0) is 55.7 Å². The maximum Gasteiger partial charge on any atom is 0.137 e. The molecule has 0 amide bonds. The number of hydrogen-bond acceptors (Lipinski definition) is 4. The van der Waals surface area contributed by atoms with Gasteiger partial charge in [-0.15, -0.1) is 0 Å². The molecule has 5 nitrogen and oxygen atoms in total. The number of pyridine rings is 2. The highest BCUT2D eigenvalue weighted by Crippen LogP contribution is 2.38. The molecule has 3 atom stereocenters. The second kappa shape index (κ2) is 9.08. The Morgan fingerprint density at radius 3 is 2.36 bits per heavy atom. The Hall–Kier alpha value is -4.25. The average molecular weight is 473 g/mol. The zero-order valence-electron chi connectivity index (χ0n) is 20.7. The summed E-state index contributed by atoms with van der Waals surface area (Å²) in [5.41, 5.74) is 9.76. The maximum absolute atomic E-state index is 5.59. The molecule has 0 fully saturated rings. The van der Waals surface area contributed by atoms with Crippen molar-refractivity contribution in [3.63, 3.8) is 0 Å². The van der Waals surface area contributed by atoms with Crippen molar-refractivity contribution in [2.24, 2.45) is 5.16 Å². The van der Waals surface area contributed by atoms with Crippen LogP contribution in [0.4, 0.5) is 0 Å². The summed E-state index contributed by atoms with van der Waals surface area (Å²) in [4.78, 5) is 15.4. The molecule has 0 spiro atoms. The quantitative estimate of drug-likeness (QED) is 0.279. The summed E-state index contributed by atoms with van der Waals surface area (Å²) in [7, 11) is 0. The summed E-state index contributed by atoms with van der Waals surface area (Å²) in [6, 6.07) is 27.4. The highest BCUT2D eigenvalue weighted by Gasteiger charge is 2.31. The van der Waals surface area contributed by atoms with Crippen LogP contribution < -0.4 is 0 Å². The first-order valence-corrected chi connectivity index (χ1v) is 12.3. The van der Waals surface area contributed by atoms with Gasteiger partial charge in [-0.25, -0.2) is 0 Å². The second-order valence-corrected chi connectivity index (χ2v) is 9.54. The molecule has 0 bridgehead atoms. The molecule has 0 aliphatic carbocycles. The van der Waals surface area contributed by atoms with Crippen LogP contribution in [0.25, 0.3) is 22.2 Å². The van der Waals surface area contributed by atoms with Gasteiger partial charge in [-0.2, -0.15) is 0 Å². The molecular weight excluding hydrogens is 444 g/mol. The molecule has 2 unspecified atom stereocenters. The van der Waals surface area contributed by atoms with Crippen molar-refractivity contribution in [1.82, 2.24) is 14.5 Å². The molecule has 0 saturated carbocycles. The van der Waals surface area contributed by atoms with Crippen LogP contribution in [-0.4, -0.2) is 26.4 Å². The fourth-order valence-electron chi connectivity index (χ4n) is 5.25. The molecular formula is C31H28N4O. The minimum atomic E-state index is -0.0989. The summed E-state index contributed by atoms with van der Waals surface area (Å²) >= 11 is 0. The summed E-state index contributed by atoms with van der Waals surface area (Å²) < 4.78 is 2.33. The van der Waals surface area contributed by atoms with E-state index in [0.29, 0.717) is 0 Å². The van der Waals surface area contributed by atoms with Crippen molar-refractivity contribution in [1.29, 1.82) is 0 Å². The number of aromatic nitrogens is 3. The van der Waals surface area contributed by atoms with Gasteiger partial charge in [-0.3, -0.25) is 9.97 Å². The van der Waals surface area contributed by atoms with Crippen LogP contribution >= 0.6 is 0 Å². The standard InChI is InChI=1S/C31H28N4O/c1-20-12-14-23(15-13-20)26-19-35(31(24-9-5-4-6-10-24)27-11-7-8-16-32-27)28-17-25(18-33-30(26)28)29-21(2)34-36-22(29)3/h4-19,22,29,31H,1-3H3/t22?,29?,31-/m0/s1. The van der Waals surface area contributed by atoms with Crippen LogP contribution in [0.2, 0.25) is 0 Å². The first kappa shape index (κ1) is 22.2. The molecule has 36 heavy (non-hydrogen) atoms. The molecule has 5 aromatic rings. The zero-order valence-corrected chi connectivity index (χ0v) is 20.7. The fraction of sp³-hybridized carbons (Fsp3) is 0.194. The van der Waals surface area contributed by atoms with E-state index in [0.717, 1.165) is 39.1 Å². The van der Waals surface area contributed by atoms with E-state index in [2.05, 4.69) is 90.4 Å². The smallest absolute Gasteiger partial charge is 0.137 e. The van der Waals surface area contributed by atoms with Gasteiger partial charge in [0.15, 0.2) is 0 Å². The molecule has 0 N–H and O–H groups in total. The van der Waals surface area contributed by atoms with E-state index in [1.807, 2.05) is 37.5 Å². The van der Waals surface area contributed by atoms with Gasteiger partial charge in [0.1, 0.15) is 12.1 Å². The Morgan fingerprint density at radius 2 is 1.67 bits per heavy atom. The number of rotatable bonds is 5. The molecule has 3 aromatic heterocycles. The predicted molar refractivity (Wildman–Crippen MR) is 144 cm³/mol. The Bertz CT molecular complexity index is 1500. The lowest BCUT2D eigenvalue weighted by Crippen LogP contribution is -2.17. The van der Waals surface area contributed by atoms with E-state index in [9.17, 15) is 0 Å². The Kier molecular flexibility index (Phi) is 5.61. The number of aryl methyl sites for hydroxylation is 1. The van der Waals surface area contributed by atoms with Gasteiger partial charge in [0, 0.05) is 24.2 Å². The molecule has 2 aromatic carbocycles. The van der Waals surface area contributed by atoms with Crippen LogP contribution in [0.15, 0.2) is 103 Å². The molecule has 0 saturated heterocycles. The lowest BCUT2D eigenvalue weighted by Gasteiger charge is -2.21. The first-order chi connectivity index (χ1) is 17.6.